The summed E-state index contributed by atoms with van der Waals surface area (Å²) >= 11 is 6.12. The molecule has 0 bridgehead atoms. The van der Waals surface area contributed by atoms with Gasteiger partial charge in [0.15, 0.2) is 5.82 Å². The van der Waals surface area contributed by atoms with E-state index in [1.165, 1.54) is 0 Å². The first-order valence-electron chi connectivity index (χ1n) is 6.67. The summed E-state index contributed by atoms with van der Waals surface area (Å²) in [5, 5.41) is 6.96. The average molecular weight is 295 g/mol. The fourth-order valence-corrected chi connectivity index (χ4v) is 1.93. The van der Waals surface area contributed by atoms with Crippen molar-refractivity contribution in [1.29, 1.82) is 0 Å². The van der Waals surface area contributed by atoms with Gasteiger partial charge >= 0.3 is 0 Å². The van der Waals surface area contributed by atoms with Gasteiger partial charge in [-0.15, -0.1) is 0 Å². The first-order valence-corrected chi connectivity index (χ1v) is 7.05. The number of nitrogens with zero attached hydrogens (tertiary/aromatic N) is 4. The largest absolute Gasteiger partial charge is 0.364 e. The molecule has 0 amide bonds. The van der Waals surface area contributed by atoms with E-state index in [1.807, 2.05) is 10.8 Å². The molecular formula is C13H19ClN6. The molecule has 108 valence electrons. The Hall–Kier alpha value is -1.82. The molecule has 0 radical (unpaired) electrons. The first-order chi connectivity index (χ1) is 9.69. The van der Waals surface area contributed by atoms with Crippen LogP contribution in [0.2, 0.25) is 5.02 Å². The second kappa shape index (κ2) is 7.09. The molecule has 1 atom stereocenters. The minimum absolute atomic E-state index is 0.177. The summed E-state index contributed by atoms with van der Waals surface area (Å²) in [6, 6.07) is 0.177. The van der Waals surface area contributed by atoms with Crippen molar-refractivity contribution in [3.63, 3.8) is 0 Å². The molecule has 0 aliphatic rings. The smallest absolute Gasteiger partial charge is 0.224 e. The van der Waals surface area contributed by atoms with E-state index in [2.05, 4.69) is 39.4 Å². The van der Waals surface area contributed by atoms with Gasteiger partial charge < -0.3 is 15.2 Å². The predicted octanol–water partition coefficient (Wildman–Crippen LogP) is 2.65. The summed E-state index contributed by atoms with van der Waals surface area (Å²) in [6.45, 7) is 5.79. The van der Waals surface area contributed by atoms with Crippen LogP contribution in [0, 0.1) is 0 Å². The summed E-state index contributed by atoms with van der Waals surface area (Å²) < 4.78 is 2.00. The van der Waals surface area contributed by atoms with Crippen molar-refractivity contribution in [2.24, 2.45) is 0 Å². The van der Waals surface area contributed by atoms with E-state index in [1.54, 1.807) is 18.7 Å². The zero-order valence-electron chi connectivity index (χ0n) is 11.7. The monoisotopic (exact) mass is 294 g/mol. The second-order valence-corrected chi connectivity index (χ2v) is 5.03. The third-order valence-electron chi connectivity index (χ3n) is 2.70. The van der Waals surface area contributed by atoms with Crippen LogP contribution < -0.4 is 10.6 Å². The van der Waals surface area contributed by atoms with Crippen LogP contribution in [0.25, 0.3) is 0 Å². The van der Waals surface area contributed by atoms with Crippen LogP contribution in [0.5, 0.6) is 0 Å². The van der Waals surface area contributed by atoms with Gasteiger partial charge in [-0.25, -0.2) is 9.97 Å². The molecule has 0 spiro atoms. The van der Waals surface area contributed by atoms with Crippen LogP contribution in [0.4, 0.5) is 11.8 Å². The number of hydrogen-bond acceptors (Lipinski definition) is 5. The first kappa shape index (κ1) is 14.6. The number of hydrogen-bond donors (Lipinski definition) is 2. The topological polar surface area (TPSA) is 67.7 Å². The Morgan fingerprint density at radius 2 is 2.30 bits per heavy atom. The summed E-state index contributed by atoms with van der Waals surface area (Å²) in [5.41, 5.74) is 0. The molecule has 0 saturated carbocycles. The normalized spacial score (nSPS) is 12.2. The van der Waals surface area contributed by atoms with Gasteiger partial charge in [-0.2, -0.15) is 4.98 Å². The van der Waals surface area contributed by atoms with Crippen LogP contribution in [-0.4, -0.2) is 32.1 Å². The Bertz CT molecular complexity index is 528. The SMILES string of the molecule is CCCNc1ncc(Cl)c(NC(C)Cn2ccnc2)n1. The lowest BCUT2D eigenvalue weighted by Gasteiger charge is -2.16. The van der Waals surface area contributed by atoms with E-state index in [-0.39, 0.29) is 6.04 Å². The highest BCUT2D eigenvalue weighted by Gasteiger charge is 2.09. The Balaban J connectivity index is 2.00. The molecule has 6 nitrogen and oxygen atoms in total. The standard InChI is InChI=1S/C13H19ClN6/c1-3-4-16-13-17-7-11(14)12(19-13)18-10(2)8-20-6-5-15-9-20/h5-7,9-10H,3-4,8H2,1-2H3,(H2,16,17,18,19). The van der Waals surface area contributed by atoms with Crippen molar-refractivity contribution in [2.45, 2.75) is 32.9 Å². The number of imidazole rings is 1. The Morgan fingerprint density at radius 3 is 3.00 bits per heavy atom. The summed E-state index contributed by atoms with van der Waals surface area (Å²) in [4.78, 5) is 12.6. The van der Waals surface area contributed by atoms with E-state index >= 15 is 0 Å². The van der Waals surface area contributed by atoms with Gasteiger partial charge in [-0.1, -0.05) is 18.5 Å². The van der Waals surface area contributed by atoms with Gasteiger partial charge in [0.1, 0.15) is 5.02 Å². The van der Waals surface area contributed by atoms with E-state index in [9.17, 15) is 0 Å². The maximum absolute atomic E-state index is 6.12. The van der Waals surface area contributed by atoms with Gasteiger partial charge in [-0.3, -0.25) is 0 Å². The van der Waals surface area contributed by atoms with E-state index < -0.39 is 0 Å². The molecule has 7 heteroatoms. The van der Waals surface area contributed by atoms with Gasteiger partial charge in [-0.05, 0) is 13.3 Å². The lowest BCUT2D eigenvalue weighted by atomic mass is 10.3. The minimum Gasteiger partial charge on any atom is -0.364 e. The van der Waals surface area contributed by atoms with E-state index in [4.69, 9.17) is 11.6 Å². The predicted molar refractivity (Wildman–Crippen MR) is 81.1 cm³/mol. The number of nitrogens with one attached hydrogen (secondary N) is 2. The summed E-state index contributed by atoms with van der Waals surface area (Å²) in [5.74, 6) is 1.24. The highest BCUT2D eigenvalue weighted by Crippen LogP contribution is 2.20. The molecule has 0 aliphatic carbocycles. The van der Waals surface area contributed by atoms with Crippen LogP contribution >= 0.6 is 11.6 Å². The number of halogens is 1. The summed E-state index contributed by atoms with van der Waals surface area (Å²) in [7, 11) is 0. The summed E-state index contributed by atoms with van der Waals surface area (Å²) in [6.07, 6.45) is 8.10. The highest BCUT2D eigenvalue weighted by atomic mass is 35.5. The molecule has 2 N–H and O–H groups in total. The van der Waals surface area contributed by atoms with Crippen molar-refractivity contribution in [3.05, 3.63) is 29.9 Å². The molecule has 2 heterocycles. The van der Waals surface area contributed by atoms with E-state index in [0.29, 0.717) is 16.8 Å². The molecule has 0 fully saturated rings. The number of aromatic nitrogens is 4. The van der Waals surface area contributed by atoms with Gasteiger partial charge in [0.25, 0.3) is 0 Å². The lowest BCUT2D eigenvalue weighted by Crippen LogP contribution is -2.22. The molecule has 2 aromatic heterocycles. The number of anilines is 2. The lowest BCUT2D eigenvalue weighted by molar-refractivity contribution is 0.617. The molecule has 0 aromatic carbocycles. The third kappa shape index (κ3) is 4.09. The van der Waals surface area contributed by atoms with Crippen LogP contribution in [0.3, 0.4) is 0 Å². The Labute approximate surface area is 123 Å². The Morgan fingerprint density at radius 1 is 1.45 bits per heavy atom. The Kier molecular flexibility index (Phi) is 5.17. The molecule has 2 aromatic rings. The van der Waals surface area contributed by atoms with Gasteiger partial charge in [0, 0.05) is 31.5 Å². The average Bonchev–Trinajstić information content (AvgIpc) is 2.92. The van der Waals surface area contributed by atoms with Crippen molar-refractivity contribution >= 4 is 23.4 Å². The van der Waals surface area contributed by atoms with Crippen LogP contribution in [0.15, 0.2) is 24.9 Å². The molecule has 1 unspecified atom stereocenters. The fraction of sp³-hybridized carbons (Fsp3) is 0.462. The van der Waals surface area contributed by atoms with E-state index in [0.717, 1.165) is 19.5 Å². The maximum atomic E-state index is 6.12. The van der Waals surface area contributed by atoms with Crippen molar-refractivity contribution in [3.8, 4) is 0 Å². The molecular weight excluding hydrogens is 276 g/mol. The quantitative estimate of drug-likeness (QED) is 0.822. The highest BCUT2D eigenvalue weighted by molar-refractivity contribution is 6.32. The molecule has 0 saturated heterocycles. The third-order valence-corrected chi connectivity index (χ3v) is 2.98. The molecule has 2 rings (SSSR count). The molecule has 20 heavy (non-hydrogen) atoms. The van der Waals surface area contributed by atoms with Crippen molar-refractivity contribution in [2.75, 3.05) is 17.2 Å². The van der Waals surface area contributed by atoms with Gasteiger partial charge in [0.05, 0.1) is 12.5 Å². The van der Waals surface area contributed by atoms with Crippen LogP contribution in [-0.2, 0) is 6.54 Å². The zero-order valence-corrected chi connectivity index (χ0v) is 12.4. The number of rotatable bonds is 7. The zero-order chi connectivity index (χ0) is 14.4. The second-order valence-electron chi connectivity index (χ2n) is 4.62. The fourth-order valence-electron chi connectivity index (χ4n) is 1.78. The van der Waals surface area contributed by atoms with Crippen LogP contribution in [0.1, 0.15) is 20.3 Å². The van der Waals surface area contributed by atoms with Crippen molar-refractivity contribution < 1.29 is 0 Å². The van der Waals surface area contributed by atoms with Crippen molar-refractivity contribution in [1.82, 2.24) is 19.5 Å². The maximum Gasteiger partial charge on any atom is 0.224 e. The van der Waals surface area contributed by atoms with Gasteiger partial charge in [0.2, 0.25) is 5.95 Å². The molecule has 0 aliphatic heterocycles. The minimum atomic E-state index is 0.177.